The Balaban J connectivity index is 0.000000113. The van der Waals surface area contributed by atoms with Gasteiger partial charge in [0.1, 0.15) is 40.2 Å². The molecular formula is C124H94O7. The molecule has 0 aliphatic rings. The van der Waals surface area contributed by atoms with Crippen molar-refractivity contribution in [1.29, 1.82) is 0 Å². The molecule has 0 atom stereocenters. The van der Waals surface area contributed by atoms with Crippen LogP contribution >= 0.6 is 0 Å². The summed E-state index contributed by atoms with van der Waals surface area (Å²) in [6, 6.07) is 174. The van der Waals surface area contributed by atoms with Crippen molar-refractivity contribution < 1.29 is 35.7 Å². The number of hydrogen-bond donors (Lipinski definition) is 7. The highest BCUT2D eigenvalue weighted by atomic mass is 16.3. The van der Waals surface area contributed by atoms with Gasteiger partial charge in [0.2, 0.25) is 0 Å². The molecule has 632 valence electrons. The summed E-state index contributed by atoms with van der Waals surface area (Å²) in [5.41, 5.74) is 22.8. The summed E-state index contributed by atoms with van der Waals surface area (Å²) in [4.78, 5) is 0. The Morgan fingerprint density at radius 2 is 0.382 bits per heavy atom. The first-order valence-corrected chi connectivity index (χ1v) is 43.4. The molecule has 0 bridgehead atoms. The first kappa shape index (κ1) is 87.0. The third kappa shape index (κ3) is 21.9. The van der Waals surface area contributed by atoms with Gasteiger partial charge in [-0.25, -0.2) is 0 Å². The number of phenolic OH excluding ortho intramolecular Hbond substituents is 7. The van der Waals surface area contributed by atoms with Gasteiger partial charge >= 0.3 is 0 Å². The molecule has 0 spiro atoms. The van der Waals surface area contributed by atoms with Crippen molar-refractivity contribution in [1.82, 2.24) is 0 Å². The Bertz CT molecular complexity index is 7330. The molecule has 0 saturated carbocycles. The largest absolute Gasteiger partial charge is 0.508 e. The van der Waals surface area contributed by atoms with Crippen LogP contribution in [-0.4, -0.2) is 35.7 Å². The van der Waals surface area contributed by atoms with Gasteiger partial charge in [-0.15, -0.1) is 0 Å². The fourth-order valence-corrected chi connectivity index (χ4v) is 16.1. The number of benzene rings is 22. The van der Waals surface area contributed by atoms with E-state index in [0.717, 1.165) is 133 Å². The lowest BCUT2D eigenvalue weighted by atomic mass is 9.92. The van der Waals surface area contributed by atoms with E-state index in [0.29, 0.717) is 40.2 Å². The van der Waals surface area contributed by atoms with Crippen LogP contribution in [0.3, 0.4) is 0 Å². The maximum Gasteiger partial charge on any atom is 0.131 e. The topological polar surface area (TPSA) is 142 Å². The maximum absolute atomic E-state index is 11.0. The minimum Gasteiger partial charge on any atom is -0.508 e. The summed E-state index contributed by atoms with van der Waals surface area (Å²) >= 11 is 0. The second-order valence-electron chi connectivity index (χ2n) is 31.2. The second kappa shape index (κ2) is 42.9. The zero-order chi connectivity index (χ0) is 89.9. The average Bonchev–Trinajstić information content (AvgIpc) is 0.747. The van der Waals surface area contributed by atoms with Gasteiger partial charge in [-0.3, -0.25) is 0 Å². The molecule has 0 aromatic heterocycles. The number of aromatic hydroxyl groups is 7. The second-order valence-corrected chi connectivity index (χ2v) is 31.2. The van der Waals surface area contributed by atoms with E-state index in [1.165, 1.54) is 32.8 Å². The quantitative estimate of drug-likeness (QED) is 0.0684. The molecule has 7 N–H and O–H groups in total. The van der Waals surface area contributed by atoms with E-state index < -0.39 is 0 Å². The van der Waals surface area contributed by atoms with E-state index in [-0.39, 0.29) is 0 Å². The molecule has 0 aliphatic carbocycles. The molecule has 131 heavy (non-hydrogen) atoms. The van der Waals surface area contributed by atoms with Crippen LogP contribution < -0.4 is 0 Å². The van der Waals surface area contributed by atoms with Crippen LogP contribution in [-0.2, 0) is 0 Å². The third-order valence-corrected chi connectivity index (χ3v) is 22.6. The van der Waals surface area contributed by atoms with Gasteiger partial charge in [0.15, 0.2) is 0 Å². The van der Waals surface area contributed by atoms with Crippen LogP contribution in [0, 0.1) is 0 Å². The summed E-state index contributed by atoms with van der Waals surface area (Å²) in [5, 5.41) is 79.1. The molecule has 0 radical (unpaired) electrons. The highest BCUT2D eigenvalue weighted by Gasteiger charge is 2.18. The monoisotopic (exact) mass is 1690 g/mol. The molecule has 0 saturated heterocycles. The van der Waals surface area contributed by atoms with Crippen LogP contribution in [0.15, 0.2) is 528 Å². The lowest BCUT2D eigenvalue weighted by Gasteiger charge is -2.14. The molecule has 0 fully saturated rings. The summed E-state index contributed by atoms with van der Waals surface area (Å²) < 4.78 is 0. The van der Waals surface area contributed by atoms with E-state index in [4.69, 9.17) is 0 Å². The first-order valence-electron chi connectivity index (χ1n) is 43.4. The van der Waals surface area contributed by atoms with Crippen LogP contribution in [0.25, 0.3) is 165 Å². The van der Waals surface area contributed by atoms with E-state index in [9.17, 15) is 35.7 Å². The Morgan fingerprint density at radius 3 is 0.840 bits per heavy atom. The zero-order valence-corrected chi connectivity index (χ0v) is 71.9. The van der Waals surface area contributed by atoms with Crippen LogP contribution in [0.4, 0.5) is 0 Å². The lowest BCUT2D eigenvalue weighted by Crippen LogP contribution is -1.88. The number of fused-ring (bicyclic) bond motifs is 4. The fraction of sp³-hybridized carbons (Fsp3) is 0. The molecule has 0 unspecified atom stereocenters. The molecule has 0 amide bonds. The number of rotatable bonds is 11. The van der Waals surface area contributed by atoms with E-state index in [1.54, 1.807) is 42.5 Å². The van der Waals surface area contributed by atoms with Crippen LogP contribution in [0.5, 0.6) is 40.2 Å². The van der Waals surface area contributed by atoms with Gasteiger partial charge in [0.05, 0.1) is 0 Å². The molecule has 7 nitrogen and oxygen atoms in total. The predicted molar refractivity (Wildman–Crippen MR) is 547 cm³/mol. The van der Waals surface area contributed by atoms with Crippen molar-refractivity contribution >= 4 is 43.1 Å². The van der Waals surface area contributed by atoms with Gasteiger partial charge in [-0.1, -0.05) is 467 Å². The van der Waals surface area contributed by atoms with E-state index in [2.05, 4.69) is 158 Å². The highest BCUT2D eigenvalue weighted by molar-refractivity contribution is 6.08. The molecule has 0 heterocycles. The van der Waals surface area contributed by atoms with Crippen molar-refractivity contribution in [2.75, 3.05) is 0 Å². The summed E-state index contributed by atoms with van der Waals surface area (Å²) in [7, 11) is 0. The fourth-order valence-electron chi connectivity index (χ4n) is 16.1. The first-order chi connectivity index (χ1) is 64.4. The highest BCUT2D eigenvalue weighted by Crippen LogP contribution is 2.45. The minimum atomic E-state index is 0.296. The van der Waals surface area contributed by atoms with Gasteiger partial charge in [-0.2, -0.15) is 0 Å². The molecule has 0 aliphatic heterocycles. The normalized spacial score (nSPS) is 10.5. The average molecular weight is 1700 g/mol. The number of phenols is 7. The van der Waals surface area contributed by atoms with Gasteiger partial charge in [0, 0.05) is 33.4 Å². The van der Waals surface area contributed by atoms with E-state index in [1.807, 2.05) is 328 Å². The van der Waals surface area contributed by atoms with Crippen LogP contribution in [0.1, 0.15) is 0 Å². The Labute approximate surface area is 764 Å². The molecule has 7 heteroatoms. The molecule has 22 aromatic carbocycles. The Hall–Kier alpha value is -17.5. The number of hydrogen-bond acceptors (Lipinski definition) is 7. The molecule has 22 rings (SSSR count). The van der Waals surface area contributed by atoms with Gasteiger partial charge < -0.3 is 35.7 Å². The SMILES string of the molecule is Oc1c(-c2ccccc2)cc(-c2ccccc2)cc1-c1ccccc1.Oc1c(-c2ccccc2)cccc1-c1ccccc1.Oc1ccc(-c2ccc(-c3ccccc3)cc2)cc1.Oc1ccc2cccc(-c3cccc4ccccc34)c2c1.Oc1ccc2ccccc2c1-c1cccc2ccccc12.Oc1cccc(-c2ccccc2)c1.Oc1ccccc1-c1ccccc1. The molecule has 22 aromatic rings. The standard InChI is InChI=1S/C24H18O.2C20H14O.2C18H14O.2C12H10O/c25-24-22(19-12-6-2-7-13-19)16-21(18-10-4-1-5-11-18)17-23(24)20-14-8-3-9-15-20;21-19-13-12-15-7-2-4-10-17(15)20(19)18-11-5-8-14-6-1-3-9-16(14)18;21-16-12-11-15-7-4-10-19(20(15)13-16)18-9-3-6-14-5-1-2-8-17(14)18;19-18-16(14-8-3-1-4-9-14)12-7-13-17(18)15-10-5-2-6-11-15;19-18-12-10-17(11-13-18)16-8-6-15(7-9-16)14-4-2-1-3-5-14;13-12-9-5-4-8-11(12)10-6-2-1-3-7-10;13-12-8-4-7-11(9-12)10-5-2-1-3-6-10/h1-17,25H;2*1-13,21H;2*1-13,19H;2*1-9,13H. The van der Waals surface area contributed by atoms with Gasteiger partial charge in [-0.05, 0) is 193 Å². The number of para-hydroxylation sites is 2. The zero-order valence-electron chi connectivity index (χ0n) is 71.9. The summed E-state index contributed by atoms with van der Waals surface area (Å²) in [6.07, 6.45) is 0. The smallest absolute Gasteiger partial charge is 0.131 e. The van der Waals surface area contributed by atoms with Crippen molar-refractivity contribution in [3.8, 4) is 163 Å². The van der Waals surface area contributed by atoms with Gasteiger partial charge in [0.25, 0.3) is 0 Å². The van der Waals surface area contributed by atoms with Crippen LogP contribution in [0.2, 0.25) is 0 Å². The lowest BCUT2D eigenvalue weighted by molar-refractivity contribution is 0.475. The minimum absolute atomic E-state index is 0.296. The van der Waals surface area contributed by atoms with Crippen molar-refractivity contribution in [2.24, 2.45) is 0 Å². The predicted octanol–water partition coefficient (Wildman–Crippen LogP) is 32.7. The Morgan fingerprint density at radius 1 is 0.115 bits per heavy atom. The Kier molecular flexibility index (Phi) is 28.5. The van der Waals surface area contributed by atoms with Crippen molar-refractivity contribution in [3.05, 3.63) is 528 Å². The molecular weight excluding hydrogens is 1600 g/mol. The van der Waals surface area contributed by atoms with E-state index >= 15 is 0 Å². The summed E-state index contributed by atoms with van der Waals surface area (Å²) in [5.74, 6) is 2.21. The summed E-state index contributed by atoms with van der Waals surface area (Å²) in [6.45, 7) is 0. The third-order valence-electron chi connectivity index (χ3n) is 22.6. The van der Waals surface area contributed by atoms with Crippen molar-refractivity contribution in [2.45, 2.75) is 0 Å². The maximum atomic E-state index is 11.0. The van der Waals surface area contributed by atoms with Crippen molar-refractivity contribution in [3.63, 3.8) is 0 Å².